The number of hydrogen-bond donors (Lipinski definition) is 1. The van der Waals surface area contributed by atoms with Gasteiger partial charge in [0.2, 0.25) is 6.29 Å². The number of allylic oxidation sites excluding steroid dienone is 2. The molecule has 4 aliphatic carbocycles. The van der Waals surface area contributed by atoms with Crippen molar-refractivity contribution >= 4 is 6.16 Å². The fourth-order valence-electron chi connectivity index (χ4n) is 7.21. The second-order valence-electron chi connectivity index (χ2n) is 9.09. The fourth-order valence-corrected chi connectivity index (χ4v) is 7.21. The van der Waals surface area contributed by atoms with Gasteiger partial charge >= 0.3 is 6.16 Å². The van der Waals surface area contributed by atoms with Crippen LogP contribution in [0.1, 0.15) is 64.7 Å². The van der Waals surface area contributed by atoms with Gasteiger partial charge in [-0.05, 0) is 80.5 Å². The predicted molar refractivity (Wildman–Crippen MR) is 94.7 cm³/mol. The maximum Gasteiger partial charge on any atom is 0.510 e. The minimum absolute atomic E-state index is 0.253. The highest BCUT2D eigenvalue weighted by atomic mass is 16.8. The van der Waals surface area contributed by atoms with Crippen molar-refractivity contribution in [2.24, 2.45) is 34.5 Å². The molecule has 3 saturated carbocycles. The Morgan fingerprint density at radius 2 is 2.00 bits per heavy atom. The largest absolute Gasteiger partial charge is 0.510 e. The first kappa shape index (κ1) is 17.4. The predicted octanol–water partition coefficient (Wildman–Crippen LogP) is 4.67. The van der Waals surface area contributed by atoms with E-state index in [0.717, 1.165) is 38.0 Å². The number of aliphatic hydroxyl groups is 1. The molecule has 0 amide bonds. The molecule has 1 N–H and O–H groups in total. The molecule has 3 fully saturated rings. The first-order valence-electron chi connectivity index (χ1n) is 10.1. The summed E-state index contributed by atoms with van der Waals surface area (Å²) in [4.78, 5) is 11.6. The van der Waals surface area contributed by atoms with E-state index in [0.29, 0.717) is 23.2 Å². The van der Waals surface area contributed by atoms with E-state index in [1.807, 2.05) is 0 Å². The zero-order chi connectivity index (χ0) is 17.7. The molecule has 140 valence electrons. The SMILES string of the molecule is COC(=O)OC(O)[C@@]12CCC[C@H]1[C@@H]1CCC3CCC=C[C@]3(C)[C@H]1CC2. The Morgan fingerprint density at radius 3 is 2.80 bits per heavy atom. The molecule has 0 aromatic carbocycles. The molecule has 4 rings (SSSR count). The minimum Gasteiger partial charge on any atom is -0.438 e. The Labute approximate surface area is 151 Å². The van der Waals surface area contributed by atoms with Crippen molar-refractivity contribution in [3.05, 3.63) is 12.2 Å². The van der Waals surface area contributed by atoms with Crippen molar-refractivity contribution < 1.29 is 19.4 Å². The molecule has 0 aliphatic heterocycles. The lowest BCUT2D eigenvalue weighted by atomic mass is 9.46. The maximum atomic E-state index is 11.6. The number of carbonyl (C=O) groups is 1. The normalized spacial score (nSPS) is 46.5. The second-order valence-corrected chi connectivity index (χ2v) is 9.09. The van der Waals surface area contributed by atoms with Crippen molar-refractivity contribution in [1.82, 2.24) is 0 Å². The molecule has 2 unspecified atom stereocenters. The van der Waals surface area contributed by atoms with Gasteiger partial charge in [-0.15, -0.1) is 0 Å². The minimum atomic E-state index is -1.03. The van der Waals surface area contributed by atoms with Crippen molar-refractivity contribution in [1.29, 1.82) is 0 Å². The van der Waals surface area contributed by atoms with Crippen LogP contribution in [0.25, 0.3) is 0 Å². The lowest BCUT2D eigenvalue weighted by Gasteiger charge is -2.59. The Hall–Kier alpha value is -1.03. The first-order valence-corrected chi connectivity index (χ1v) is 10.1. The van der Waals surface area contributed by atoms with Crippen LogP contribution in [0.2, 0.25) is 0 Å². The number of carbonyl (C=O) groups excluding carboxylic acids is 1. The molecule has 4 heteroatoms. The number of methoxy groups -OCH3 is 1. The third kappa shape index (κ3) is 2.55. The van der Waals surface area contributed by atoms with Crippen LogP contribution in [-0.4, -0.2) is 24.7 Å². The summed E-state index contributed by atoms with van der Waals surface area (Å²) in [5.41, 5.74) is 0.0704. The molecule has 4 aliphatic rings. The van der Waals surface area contributed by atoms with E-state index in [1.165, 1.54) is 32.8 Å². The van der Waals surface area contributed by atoms with Crippen LogP contribution in [0, 0.1) is 34.5 Å². The standard InChI is InChI=1S/C21H32O4/c1-20-11-4-3-6-14(20)8-9-15-16(20)10-13-21(12-5-7-17(15)21)18(22)25-19(23)24-2/h4,11,14-18,22H,3,5-10,12-13H2,1-2H3/t14?,15-,16+,17+,18?,20+,21-/m1/s1. The van der Waals surface area contributed by atoms with Crippen LogP contribution < -0.4 is 0 Å². The summed E-state index contributed by atoms with van der Waals surface area (Å²) >= 11 is 0. The summed E-state index contributed by atoms with van der Waals surface area (Å²) in [6, 6.07) is 0. The number of rotatable bonds is 2. The highest BCUT2D eigenvalue weighted by Gasteiger charge is 2.61. The highest BCUT2D eigenvalue weighted by molar-refractivity contribution is 5.59. The topological polar surface area (TPSA) is 55.8 Å². The van der Waals surface area contributed by atoms with E-state index in [4.69, 9.17) is 4.74 Å². The van der Waals surface area contributed by atoms with Gasteiger partial charge in [-0.2, -0.15) is 0 Å². The van der Waals surface area contributed by atoms with Gasteiger partial charge in [0.15, 0.2) is 0 Å². The summed E-state index contributed by atoms with van der Waals surface area (Å²) < 4.78 is 9.86. The summed E-state index contributed by atoms with van der Waals surface area (Å²) in [7, 11) is 1.30. The van der Waals surface area contributed by atoms with Crippen molar-refractivity contribution in [2.45, 2.75) is 71.0 Å². The Morgan fingerprint density at radius 1 is 1.16 bits per heavy atom. The van der Waals surface area contributed by atoms with Crippen molar-refractivity contribution in [3.63, 3.8) is 0 Å². The molecule has 0 bridgehead atoms. The smallest absolute Gasteiger partial charge is 0.438 e. The Balaban J connectivity index is 1.60. The van der Waals surface area contributed by atoms with Gasteiger partial charge in [0.05, 0.1) is 7.11 Å². The monoisotopic (exact) mass is 348 g/mol. The summed E-state index contributed by atoms with van der Waals surface area (Å²) in [6.45, 7) is 2.48. The average molecular weight is 348 g/mol. The zero-order valence-corrected chi connectivity index (χ0v) is 15.6. The fraction of sp³-hybridized carbons (Fsp3) is 0.857. The van der Waals surface area contributed by atoms with Crippen LogP contribution in [0.3, 0.4) is 0 Å². The molecule has 7 atom stereocenters. The van der Waals surface area contributed by atoms with Crippen LogP contribution in [-0.2, 0) is 9.47 Å². The van der Waals surface area contributed by atoms with Crippen LogP contribution >= 0.6 is 0 Å². The van der Waals surface area contributed by atoms with Crippen LogP contribution in [0.4, 0.5) is 4.79 Å². The van der Waals surface area contributed by atoms with Crippen molar-refractivity contribution in [3.8, 4) is 0 Å². The van der Waals surface area contributed by atoms with Gasteiger partial charge in [-0.3, -0.25) is 0 Å². The van der Waals surface area contributed by atoms with E-state index in [1.54, 1.807) is 0 Å². The third-order valence-corrected chi connectivity index (χ3v) is 8.40. The molecule has 0 spiro atoms. The number of fused-ring (bicyclic) bond motifs is 5. The average Bonchev–Trinajstić information content (AvgIpc) is 3.06. The van der Waals surface area contributed by atoms with Crippen LogP contribution in [0.5, 0.6) is 0 Å². The van der Waals surface area contributed by atoms with Gasteiger partial charge in [-0.1, -0.05) is 25.5 Å². The van der Waals surface area contributed by atoms with Crippen LogP contribution in [0.15, 0.2) is 12.2 Å². The molecule has 0 heterocycles. The Kier molecular flexibility index (Phi) is 4.38. The van der Waals surface area contributed by atoms with Gasteiger partial charge < -0.3 is 14.6 Å². The third-order valence-electron chi connectivity index (χ3n) is 8.40. The molecule has 0 saturated heterocycles. The van der Waals surface area contributed by atoms with E-state index >= 15 is 0 Å². The molecule has 4 nitrogen and oxygen atoms in total. The van der Waals surface area contributed by atoms with Crippen molar-refractivity contribution in [2.75, 3.05) is 7.11 Å². The maximum absolute atomic E-state index is 11.6. The second kappa shape index (κ2) is 6.29. The molecular formula is C21H32O4. The molecule has 0 radical (unpaired) electrons. The lowest BCUT2D eigenvalue weighted by Crippen LogP contribution is -2.54. The molecule has 0 aromatic heterocycles. The van der Waals surface area contributed by atoms with E-state index < -0.39 is 12.4 Å². The number of hydrogen-bond acceptors (Lipinski definition) is 4. The number of aliphatic hydroxyl groups excluding tert-OH is 1. The quantitative estimate of drug-likeness (QED) is 0.448. The van der Waals surface area contributed by atoms with Gasteiger partial charge in [0, 0.05) is 5.41 Å². The van der Waals surface area contributed by atoms with Gasteiger partial charge in [0.1, 0.15) is 0 Å². The van der Waals surface area contributed by atoms with E-state index in [2.05, 4.69) is 23.8 Å². The molecule has 0 aromatic rings. The highest BCUT2D eigenvalue weighted by Crippen LogP contribution is 2.66. The van der Waals surface area contributed by atoms with Gasteiger partial charge in [0.25, 0.3) is 0 Å². The number of ether oxygens (including phenoxy) is 2. The summed E-state index contributed by atoms with van der Waals surface area (Å²) in [5.74, 6) is 2.66. The van der Waals surface area contributed by atoms with Gasteiger partial charge in [-0.25, -0.2) is 4.79 Å². The molecule has 25 heavy (non-hydrogen) atoms. The summed E-state index contributed by atoms with van der Waals surface area (Å²) in [6.07, 6.45) is 13.6. The Bertz CT molecular complexity index is 558. The zero-order valence-electron chi connectivity index (χ0n) is 15.6. The summed E-state index contributed by atoms with van der Waals surface area (Å²) in [5, 5.41) is 10.8. The van der Waals surface area contributed by atoms with E-state index in [-0.39, 0.29) is 5.41 Å². The van der Waals surface area contributed by atoms with E-state index in [9.17, 15) is 9.90 Å². The lowest BCUT2D eigenvalue weighted by molar-refractivity contribution is -0.200. The molecular weight excluding hydrogens is 316 g/mol. The first-order chi connectivity index (χ1) is 12.0.